The van der Waals surface area contributed by atoms with Gasteiger partial charge in [-0.05, 0) is 54.9 Å². The van der Waals surface area contributed by atoms with E-state index in [2.05, 4.69) is 46.8 Å². The lowest BCUT2D eigenvalue weighted by Gasteiger charge is -2.19. The quantitative estimate of drug-likeness (QED) is 0.729. The van der Waals surface area contributed by atoms with Crippen molar-refractivity contribution in [2.45, 2.75) is 47.5 Å². The molecule has 0 radical (unpaired) electrons. The zero-order valence-corrected chi connectivity index (χ0v) is 10.6. The topological polar surface area (TPSA) is 26.0 Å². The fourth-order valence-electron chi connectivity index (χ4n) is 1.70. The van der Waals surface area contributed by atoms with Crippen LogP contribution >= 0.6 is 0 Å². The summed E-state index contributed by atoms with van der Waals surface area (Å²) in [6, 6.07) is 4.32. The first kappa shape index (κ1) is 12.1. The Bertz CT molecular complexity index is 345. The maximum Gasteiger partial charge on any atom is 0.0346 e. The van der Waals surface area contributed by atoms with Crippen LogP contribution in [0.15, 0.2) is 12.1 Å². The SMILES string of the molecule is Cc1cc(C)c(CCC(C)(C)C)cc1N. The maximum absolute atomic E-state index is 5.93. The molecule has 0 saturated carbocycles. The molecule has 2 N–H and O–H groups in total. The summed E-state index contributed by atoms with van der Waals surface area (Å²) in [6.45, 7) is 11.1. The molecule has 0 spiro atoms. The van der Waals surface area contributed by atoms with Crippen molar-refractivity contribution < 1.29 is 0 Å². The summed E-state index contributed by atoms with van der Waals surface area (Å²) in [4.78, 5) is 0. The molecule has 0 aromatic heterocycles. The molecule has 1 heteroatoms. The van der Waals surface area contributed by atoms with E-state index in [1.807, 2.05) is 0 Å². The first-order valence-corrected chi connectivity index (χ1v) is 5.65. The van der Waals surface area contributed by atoms with Crippen molar-refractivity contribution in [3.05, 3.63) is 28.8 Å². The Balaban J connectivity index is 2.82. The van der Waals surface area contributed by atoms with Crippen molar-refractivity contribution in [1.82, 2.24) is 0 Å². The highest BCUT2D eigenvalue weighted by atomic mass is 14.6. The summed E-state index contributed by atoms with van der Waals surface area (Å²) in [7, 11) is 0. The van der Waals surface area contributed by atoms with Crippen LogP contribution in [0.5, 0.6) is 0 Å². The van der Waals surface area contributed by atoms with Crippen LogP contribution in [-0.2, 0) is 6.42 Å². The summed E-state index contributed by atoms with van der Waals surface area (Å²) in [5.41, 5.74) is 11.2. The lowest BCUT2D eigenvalue weighted by molar-refractivity contribution is 0.378. The number of hydrogen-bond acceptors (Lipinski definition) is 1. The van der Waals surface area contributed by atoms with Gasteiger partial charge >= 0.3 is 0 Å². The Hall–Kier alpha value is -0.980. The van der Waals surface area contributed by atoms with Crippen LogP contribution in [0.25, 0.3) is 0 Å². The van der Waals surface area contributed by atoms with Crippen molar-refractivity contribution in [3.63, 3.8) is 0 Å². The molecule has 1 rings (SSSR count). The second-order valence-corrected chi connectivity index (χ2v) is 5.70. The van der Waals surface area contributed by atoms with Crippen LogP contribution < -0.4 is 5.73 Å². The minimum atomic E-state index is 0.395. The molecule has 1 aromatic rings. The lowest BCUT2D eigenvalue weighted by atomic mass is 9.87. The van der Waals surface area contributed by atoms with E-state index in [9.17, 15) is 0 Å². The second-order valence-electron chi connectivity index (χ2n) is 5.70. The lowest BCUT2D eigenvalue weighted by Crippen LogP contribution is -2.07. The van der Waals surface area contributed by atoms with Gasteiger partial charge in [-0.3, -0.25) is 0 Å². The molecule has 0 atom stereocenters. The zero-order valence-electron chi connectivity index (χ0n) is 10.6. The van der Waals surface area contributed by atoms with E-state index in [4.69, 9.17) is 5.73 Å². The van der Waals surface area contributed by atoms with E-state index in [0.717, 1.165) is 12.1 Å². The Kier molecular flexibility index (Phi) is 3.43. The number of rotatable bonds is 2. The Morgan fingerprint density at radius 1 is 1.07 bits per heavy atom. The summed E-state index contributed by atoms with van der Waals surface area (Å²) in [5.74, 6) is 0. The summed E-state index contributed by atoms with van der Waals surface area (Å²) in [5, 5.41) is 0. The van der Waals surface area contributed by atoms with Crippen LogP contribution in [0.4, 0.5) is 5.69 Å². The minimum absolute atomic E-state index is 0.395. The maximum atomic E-state index is 5.93. The third-order valence-corrected chi connectivity index (χ3v) is 2.87. The highest BCUT2D eigenvalue weighted by molar-refractivity contribution is 5.51. The van der Waals surface area contributed by atoms with Gasteiger partial charge < -0.3 is 5.73 Å². The normalized spacial score (nSPS) is 11.8. The number of anilines is 1. The van der Waals surface area contributed by atoms with Crippen LogP contribution in [0.1, 0.15) is 43.9 Å². The molecule has 0 aliphatic rings. The highest BCUT2D eigenvalue weighted by Gasteiger charge is 2.11. The van der Waals surface area contributed by atoms with Crippen molar-refractivity contribution >= 4 is 5.69 Å². The molecule has 0 amide bonds. The van der Waals surface area contributed by atoms with Gasteiger partial charge in [-0.25, -0.2) is 0 Å². The number of aryl methyl sites for hydroxylation is 3. The molecule has 0 heterocycles. The Morgan fingerprint density at radius 2 is 1.67 bits per heavy atom. The third-order valence-electron chi connectivity index (χ3n) is 2.87. The Labute approximate surface area is 93.7 Å². The van der Waals surface area contributed by atoms with Crippen LogP contribution in [-0.4, -0.2) is 0 Å². The molecule has 0 bridgehead atoms. The van der Waals surface area contributed by atoms with Gasteiger partial charge in [0.05, 0.1) is 0 Å². The summed E-state index contributed by atoms with van der Waals surface area (Å²) < 4.78 is 0. The smallest absolute Gasteiger partial charge is 0.0346 e. The number of nitrogen functional groups attached to an aromatic ring is 1. The van der Waals surface area contributed by atoms with Gasteiger partial charge in [-0.15, -0.1) is 0 Å². The molecule has 0 aliphatic carbocycles. The van der Waals surface area contributed by atoms with Crippen molar-refractivity contribution in [1.29, 1.82) is 0 Å². The summed E-state index contributed by atoms with van der Waals surface area (Å²) in [6.07, 6.45) is 2.33. The fourth-order valence-corrected chi connectivity index (χ4v) is 1.70. The van der Waals surface area contributed by atoms with Gasteiger partial charge in [0.1, 0.15) is 0 Å². The summed E-state index contributed by atoms with van der Waals surface area (Å²) >= 11 is 0. The van der Waals surface area contributed by atoms with Crippen molar-refractivity contribution in [2.24, 2.45) is 5.41 Å². The molecule has 15 heavy (non-hydrogen) atoms. The van der Waals surface area contributed by atoms with Crippen LogP contribution in [0, 0.1) is 19.3 Å². The highest BCUT2D eigenvalue weighted by Crippen LogP contribution is 2.25. The van der Waals surface area contributed by atoms with Gasteiger partial charge in [0.2, 0.25) is 0 Å². The first-order valence-electron chi connectivity index (χ1n) is 5.65. The van der Waals surface area contributed by atoms with Gasteiger partial charge in [-0.2, -0.15) is 0 Å². The van der Waals surface area contributed by atoms with Gasteiger partial charge in [0.15, 0.2) is 0 Å². The molecule has 0 unspecified atom stereocenters. The molecule has 84 valence electrons. The Morgan fingerprint density at radius 3 is 2.20 bits per heavy atom. The fraction of sp³-hybridized carbons (Fsp3) is 0.571. The molecule has 0 fully saturated rings. The minimum Gasteiger partial charge on any atom is -0.399 e. The average Bonchev–Trinajstić information content (AvgIpc) is 2.07. The molecule has 0 saturated heterocycles. The molecule has 1 aromatic carbocycles. The van der Waals surface area contributed by atoms with E-state index in [0.29, 0.717) is 5.41 Å². The van der Waals surface area contributed by atoms with Crippen LogP contribution in [0.2, 0.25) is 0 Å². The van der Waals surface area contributed by atoms with Crippen molar-refractivity contribution in [2.75, 3.05) is 5.73 Å². The molecule has 0 aliphatic heterocycles. The van der Waals surface area contributed by atoms with Crippen LogP contribution in [0.3, 0.4) is 0 Å². The number of hydrogen-bond donors (Lipinski definition) is 1. The number of nitrogens with two attached hydrogens (primary N) is 1. The average molecular weight is 205 g/mol. The standard InChI is InChI=1S/C14H23N/c1-10-8-11(2)13(15)9-12(10)6-7-14(3,4)5/h8-9H,6-7,15H2,1-5H3. The third kappa shape index (κ3) is 3.58. The number of benzene rings is 1. The first-order chi connectivity index (χ1) is 6.79. The largest absolute Gasteiger partial charge is 0.399 e. The van der Waals surface area contributed by atoms with E-state index in [-0.39, 0.29) is 0 Å². The van der Waals surface area contributed by atoms with E-state index in [1.165, 1.54) is 23.1 Å². The van der Waals surface area contributed by atoms with Gasteiger partial charge in [0, 0.05) is 5.69 Å². The predicted octanol–water partition coefficient (Wildman–Crippen LogP) is 3.86. The van der Waals surface area contributed by atoms with E-state index < -0.39 is 0 Å². The van der Waals surface area contributed by atoms with Gasteiger partial charge in [-0.1, -0.05) is 26.8 Å². The van der Waals surface area contributed by atoms with E-state index in [1.54, 1.807) is 0 Å². The monoisotopic (exact) mass is 205 g/mol. The molecule has 1 nitrogen and oxygen atoms in total. The zero-order chi connectivity index (χ0) is 11.6. The predicted molar refractivity (Wildman–Crippen MR) is 68.1 cm³/mol. The molecular formula is C14H23N. The van der Waals surface area contributed by atoms with E-state index >= 15 is 0 Å². The molecular weight excluding hydrogens is 182 g/mol. The van der Waals surface area contributed by atoms with Crippen molar-refractivity contribution in [3.8, 4) is 0 Å². The van der Waals surface area contributed by atoms with Gasteiger partial charge in [0.25, 0.3) is 0 Å². The second kappa shape index (κ2) is 4.26.